The van der Waals surface area contributed by atoms with Gasteiger partial charge in [-0.15, -0.1) is 0 Å². The third-order valence-corrected chi connectivity index (χ3v) is 1.12. The van der Waals surface area contributed by atoms with Crippen LogP contribution in [-0.2, 0) is 0 Å². The third kappa shape index (κ3) is 5.23. The van der Waals surface area contributed by atoms with E-state index in [1.807, 2.05) is 0 Å². The molecule has 0 aromatic heterocycles. The van der Waals surface area contributed by atoms with Gasteiger partial charge in [-0.1, -0.05) is 6.92 Å². The average molecular weight is 133 g/mol. The molecule has 0 heterocycles. The Morgan fingerprint density at radius 3 is 2.67 bits per heavy atom. The van der Waals surface area contributed by atoms with Crippen LogP contribution in [0.2, 0.25) is 0 Å². The molecule has 4 nitrogen and oxygen atoms in total. The van der Waals surface area contributed by atoms with Gasteiger partial charge in [-0.25, -0.2) is 0 Å². The largest absolute Gasteiger partial charge is 0.393 e. The summed E-state index contributed by atoms with van der Waals surface area (Å²) >= 11 is 0. The maximum absolute atomic E-state index is 9.71. The van der Waals surface area contributed by atoms with Crippen LogP contribution < -0.4 is 0 Å². The molecule has 1 N–H and O–H groups in total. The first-order chi connectivity index (χ1) is 4.16. The van der Waals surface area contributed by atoms with E-state index in [0.29, 0.717) is 6.42 Å². The molecule has 1 atom stereocenters. The topological polar surface area (TPSA) is 63.4 Å². The quantitative estimate of drug-likeness (QED) is 0.446. The van der Waals surface area contributed by atoms with Crippen molar-refractivity contribution in [2.75, 3.05) is 6.54 Å². The Labute approximate surface area is 53.6 Å². The van der Waals surface area contributed by atoms with E-state index in [0.717, 1.165) is 0 Å². The molecule has 0 rings (SSSR count). The minimum Gasteiger partial charge on any atom is -0.393 e. The molecule has 0 aliphatic rings. The molecule has 0 aromatic rings. The van der Waals surface area contributed by atoms with Gasteiger partial charge in [0.25, 0.3) is 0 Å². The van der Waals surface area contributed by atoms with Gasteiger partial charge < -0.3 is 5.11 Å². The monoisotopic (exact) mass is 133 g/mol. The molecule has 0 spiro atoms. The fourth-order valence-electron chi connectivity index (χ4n) is 0.459. The second-order valence-electron chi connectivity index (χ2n) is 1.91. The normalized spacial score (nSPS) is 13.1. The fourth-order valence-corrected chi connectivity index (χ4v) is 0.459. The number of hydrogen-bond donors (Lipinski definition) is 1. The zero-order chi connectivity index (χ0) is 7.28. The van der Waals surface area contributed by atoms with Crippen molar-refractivity contribution in [2.24, 2.45) is 0 Å². The van der Waals surface area contributed by atoms with Crippen LogP contribution in [0.4, 0.5) is 0 Å². The highest BCUT2D eigenvalue weighted by Crippen LogP contribution is 1.95. The first-order valence-corrected chi connectivity index (χ1v) is 2.96. The number of nitrogens with zero attached hydrogens (tertiary/aromatic N) is 1. The first kappa shape index (κ1) is 8.36. The average Bonchev–Trinajstić information content (AvgIpc) is 1.83. The molecule has 0 amide bonds. The lowest BCUT2D eigenvalue weighted by molar-refractivity contribution is -0.482. The van der Waals surface area contributed by atoms with Gasteiger partial charge in [-0.05, 0) is 6.42 Å². The molecule has 9 heavy (non-hydrogen) atoms. The maximum Gasteiger partial charge on any atom is 0.206 e. The standard InChI is InChI=1S/C5H11NO3/c1-2-5(7)3-4-6(8)9/h5,7H,2-4H2,1H3/t5-/m0/s1. The number of aliphatic hydroxyl groups is 1. The lowest BCUT2D eigenvalue weighted by Crippen LogP contribution is -2.11. The van der Waals surface area contributed by atoms with Crippen LogP contribution in [0.3, 0.4) is 0 Å². The van der Waals surface area contributed by atoms with Gasteiger partial charge in [-0.3, -0.25) is 10.1 Å². The van der Waals surface area contributed by atoms with Crippen LogP contribution in [0.1, 0.15) is 19.8 Å². The lowest BCUT2D eigenvalue weighted by Gasteiger charge is -2.01. The van der Waals surface area contributed by atoms with Gasteiger partial charge in [0.1, 0.15) is 0 Å². The SMILES string of the molecule is CC[C@H](O)CC[N+](=O)[O-]. The predicted molar refractivity (Wildman–Crippen MR) is 32.8 cm³/mol. The molecule has 54 valence electrons. The van der Waals surface area contributed by atoms with Crippen molar-refractivity contribution in [3.8, 4) is 0 Å². The summed E-state index contributed by atoms with van der Waals surface area (Å²) in [6.07, 6.45) is 0.354. The van der Waals surface area contributed by atoms with Crippen molar-refractivity contribution in [1.29, 1.82) is 0 Å². The number of nitro groups is 1. The molecule has 0 aliphatic heterocycles. The fraction of sp³-hybridized carbons (Fsp3) is 1.00. The zero-order valence-electron chi connectivity index (χ0n) is 5.41. The van der Waals surface area contributed by atoms with Crippen molar-refractivity contribution in [3.05, 3.63) is 10.1 Å². The van der Waals surface area contributed by atoms with E-state index in [4.69, 9.17) is 5.11 Å². The predicted octanol–water partition coefficient (Wildman–Crippen LogP) is 0.424. The zero-order valence-corrected chi connectivity index (χ0v) is 5.41. The van der Waals surface area contributed by atoms with E-state index in [-0.39, 0.29) is 13.0 Å². The van der Waals surface area contributed by atoms with E-state index >= 15 is 0 Å². The van der Waals surface area contributed by atoms with Crippen molar-refractivity contribution >= 4 is 0 Å². The van der Waals surface area contributed by atoms with Gasteiger partial charge in [0, 0.05) is 11.3 Å². The van der Waals surface area contributed by atoms with Crippen LogP contribution in [0, 0.1) is 10.1 Å². The van der Waals surface area contributed by atoms with Crippen molar-refractivity contribution in [2.45, 2.75) is 25.9 Å². The Morgan fingerprint density at radius 1 is 1.78 bits per heavy atom. The van der Waals surface area contributed by atoms with Gasteiger partial charge in [-0.2, -0.15) is 0 Å². The van der Waals surface area contributed by atoms with Crippen LogP contribution in [0.15, 0.2) is 0 Å². The minimum absolute atomic E-state index is 0.130. The van der Waals surface area contributed by atoms with Crippen molar-refractivity contribution in [1.82, 2.24) is 0 Å². The summed E-state index contributed by atoms with van der Waals surface area (Å²) in [5.41, 5.74) is 0. The molecule has 0 saturated carbocycles. The third-order valence-electron chi connectivity index (χ3n) is 1.12. The molecule has 0 aliphatic carbocycles. The number of hydrogen-bond acceptors (Lipinski definition) is 3. The summed E-state index contributed by atoms with van der Waals surface area (Å²) in [6, 6.07) is 0. The highest BCUT2D eigenvalue weighted by Gasteiger charge is 2.04. The Kier molecular flexibility index (Phi) is 3.96. The molecular formula is C5H11NO3. The highest BCUT2D eigenvalue weighted by atomic mass is 16.6. The van der Waals surface area contributed by atoms with Gasteiger partial charge in [0.15, 0.2) is 0 Å². The van der Waals surface area contributed by atoms with Crippen LogP contribution in [0.5, 0.6) is 0 Å². The first-order valence-electron chi connectivity index (χ1n) is 2.96. The molecular weight excluding hydrogens is 122 g/mol. The molecule has 0 saturated heterocycles. The number of rotatable bonds is 4. The lowest BCUT2D eigenvalue weighted by atomic mass is 10.2. The maximum atomic E-state index is 9.71. The summed E-state index contributed by atoms with van der Waals surface area (Å²) in [4.78, 5) is 9.30. The molecule has 0 aromatic carbocycles. The van der Waals surface area contributed by atoms with Crippen LogP contribution in [-0.4, -0.2) is 22.7 Å². The Morgan fingerprint density at radius 2 is 2.33 bits per heavy atom. The Hall–Kier alpha value is -0.640. The van der Waals surface area contributed by atoms with Crippen molar-refractivity contribution < 1.29 is 10.0 Å². The van der Waals surface area contributed by atoms with Crippen molar-refractivity contribution in [3.63, 3.8) is 0 Å². The summed E-state index contributed by atoms with van der Waals surface area (Å²) < 4.78 is 0. The second-order valence-corrected chi connectivity index (χ2v) is 1.91. The van der Waals surface area contributed by atoms with Gasteiger partial charge in [0.05, 0.1) is 6.10 Å². The van der Waals surface area contributed by atoms with E-state index in [1.165, 1.54) is 0 Å². The summed E-state index contributed by atoms with van der Waals surface area (Å²) in [5, 5.41) is 18.5. The molecule has 4 heteroatoms. The second kappa shape index (κ2) is 4.26. The Bertz CT molecular complexity index is 94.2. The number of aliphatic hydroxyl groups excluding tert-OH is 1. The van der Waals surface area contributed by atoms with E-state index in [9.17, 15) is 10.1 Å². The summed E-state index contributed by atoms with van der Waals surface area (Å²) in [6.45, 7) is 1.67. The molecule has 0 fully saturated rings. The smallest absolute Gasteiger partial charge is 0.206 e. The van der Waals surface area contributed by atoms with E-state index in [1.54, 1.807) is 6.92 Å². The van der Waals surface area contributed by atoms with Gasteiger partial charge >= 0.3 is 0 Å². The Balaban J connectivity index is 3.16. The van der Waals surface area contributed by atoms with E-state index < -0.39 is 11.0 Å². The van der Waals surface area contributed by atoms with Crippen LogP contribution in [0.25, 0.3) is 0 Å². The molecule has 0 unspecified atom stereocenters. The van der Waals surface area contributed by atoms with Crippen LogP contribution >= 0.6 is 0 Å². The molecule has 0 radical (unpaired) electrons. The molecule has 0 bridgehead atoms. The minimum atomic E-state index is -0.504. The highest BCUT2D eigenvalue weighted by molar-refractivity contribution is 4.48. The summed E-state index contributed by atoms with van der Waals surface area (Å²) in [7, 11) is 0. The van der Waals surface area contributed by atoms with Gasteiger partial charge in [0.2, 0.25) is 6.54 Å². The summed E-state index contributed by atoms with van der Waals surface area (Å²) in [5.74, 6) is 0. The van der Waals surface area contributed by atoms with E-state index in [2.05, 4.69) is 0 Å².